The van der Waals surface area contributed by atoms with Crippen molar-refractivity contribution in [2.75, 3.05) is 37.8 Å². The van der Waals surface area contributed by atoms with Gasteiger partial charge in [0.15, 0.2) is 17.4 Å². The van der Waals surface area contributed by atoms with E-state index in [0.717, 1.165) is 17.3 Å². The molecule has 8 nitrogen and oxygen atoms in total. The first-order chi connectivity index (χ1) is 18.6. The molecule has 1 aromatic carbocycles. The number of halogens is 3. The second-order valence-electron chi connectivity index (χ2n) is 10.2. The number of alkyl halides is 1. The molecule has 0 bridgehead atoms. The molecule has 0 unspecified atom stereocenters. The molecule has 3 heterocycles. The van der Waals surface area contributed by atoms with Crippen LogP contribution in [0, 0.1) is 0 Å². The van der Waals surface area contributed by atoms with Crippen molar-refractivity contribution < 1.29 is 32.6 Å². The number of likely N-dealkylation sites (tertiary alicyclic amines) is 1. The van der Waals surface area contributed by atoms with Crippen molar-refractivity contribution in [2.24, 2.45) is 0 Å². The maximum absolute atomic E-state index is 13.6. The van der Waals surface area contributed by atoms with E-state index in [1.807, 2.05) is 24.7 Å². The summed E-state index contributed by atoms with van der Waals surface area (Å²) in [6.07, 6.45) is 5.44. The molecule has 1 aromatic heterocycles. The van der Waals surface area contributed by atoms with E-state index >= 15 is 0 Å². The number of carbonyl (C=O) groups is 2. The van der Waals surface area contributed by atoms with Crippen LogP contribution in [0.2, 0.25) is 0 Å². The molecular weight excluding hydrogens is 513 g/mol. The summed E-state index contributed by atoms with van der Waals surface area (Å²) in [5.74, 6) is -3.04. The van der Waals surface area contributed by atoms with Gasteiger partial charge in [-0.2, -0.15) is 5.10 Å². The van der Waals surface area contributed by atoms with E-state index < -0.39 is 36.6 Å². The molecule has 0 radical (unpaired) electrons. The van der Waals surface area contributed by atoms with Crippen LogP contribution in [0.25, 0.3) is 0 Å². The van der Waals surface area contributed by atoms with E-state index in [0.29, 0.717) is 50.3 Å². The Morgan fingerprint density at radius 2 is 1.90 bits per heavy atom. The average molecular weight is 547 g/mol. The van der Waals surface area contributed by atoms with Gasteiger partial charge in [0.05, 0.1) is 12.2 Å². The summed E-state index contributed by atoms with van der Waals surface area (Å²) in [7, 11) is 0. The van der Waals surface area contributed by atoms with Gasteiger partial charge in [0.25, 0.3) is 0 Å². The van der Waals surface area contributed by atoms with E-state index in [4.69, 9.17) is 9.84 Å². The van der Waals surface area contributed by atoms with E-state index in [9.17, 15) is 22.8 Å². The molecule has 2 saturated heterocycles. The largest absolute Gasteiger partial charge is 0.441 e. The van der Waals surface area contributed by atoms with Gasteiger partial charge in [-0.3, -0.25) is 19.3 Å². The van der Waals surface area contributed by atoms with Gasteiger partial charge in [-0.1, -0.05) is 6.08 Å². The molecule has 210 valence electrons. The predicted octanol–water partition coefficient (Wildman–Crippen LogP) is 4.85. The molecule has 39 heavy (non-hydrogen) atoms. The lowest BCUT2D eigenvalue weighted by molar-refractivity contribution is -0.00102. The summed E-state index contributed by atoms with van der Waals surface area (Å²) in [4.78, 5) is 28.2. The van der Waals surface area contributed by atoms with Crippen molar-refractivity contribution in [3.63, 3.8) is 0 Å². The summed E-state index contributed by atoms with van der Waals surface area (Å²) in [5, 5.41) is 13.6. The zero-order chi connectivity index (χ0) is 28.2. The third kappa shape index (κ3) is 6.59. The maximum Gasteiger partial charge on any atom is 0.415 e. The Morgan fingerprint density at radius 1 is 1.21 bits per heavy atom. The average Bonchev–Trinajstić information content (AvgIpc) is 3.49. The van der Waals surface area contributed by atoms with Gasteiger partial charge in [-0.15, -0.1) is 0 Å². The third-order valence-corrected chi connectivity index (χ3v) is 7.15. The summed E-state index contributed by atoms with van der Waals surface area (Å²) < 4.78 is 46.6. The van der Waals surface area contributed by atoms with Gasteiger partial charge in [-0.05, 0) is 44.2 Å². The highest BCUT2D eigenvalue weighted by Crippen LogP contribution is 2.36. The quantitative estimate of drug-likeness (QED) is 0.339. The number of ether oxygens (including phenoxy) is 1. The van der Waals surface area contributed by atoms with Gasteiger partial charge in [0.2, 0.25) is 0 Å². The van der Waals surface area contributed by atoms with Gasteiger partial charge < -0.3 is 9.84 Å². The van der Waals surface area contributed by atoms with Crippen LogP contribution in [0.15, 0.2) is 54.3 Å². The number of ketones is 1. The minimum atomic E-state index is -1.48. The van der Waals surface area contributed by atoms with Crippen LogP contribution in [0.3, 0.4) is 0 Å². The van der Waals surface area contributed by atoms with Gasteiger partial charge in [0, 0.05) is 67.9 Å². The van der Waals surface area contributed by atoms with Gasteiger partial charge in [-0.25, -0.2) is 18.0 Å². The summed E-state index contributed by atoms with van der Waals surface area (Å²) in [6, 6.07) is 6.64. The van der Waals surface area contributed by atoms with Crippen molar-refractivity contribution >= 4 is 17.6 Å². The van der Waals surface area contributed by atoms with Gasteiger partial charge >= 0.3 is 6.09 Å². The number of aliphatic hydroxyl groups is 1. The number of benzene rings is 1. The number of aromatic nitrogens is 2. The number of allylic oxidation sites excluding steroid dienone is 4. The SMILES string of the molecule is CC(C)n1cc(CN2CCC3(CC2)CN(c2ccc(C(=O)CO)cc2)C(=O)O3)c(C/C=C\C(F)=C(\F)CF)n1. The minimum Gasteiger partial charge on any atom is -0.441 e. The summed E-state index contributed by atoms with van der Waals surface area (Å²) >= 11 is 0. The number of Topliss-reactive ketones (excluding diaryl/α,β-unsaturated/α-hetero) is 1. The molecular formula is C28H33F3N4O4. The maximum atomic E-state index is 13.6. The molecule has 1 spiro atoms. The lowest BCUT2D eigenvalue weighted by Gasteiger charge is -2.37. The molecule has 2 aliphatic rings. The number of rotatable bonds is 10. The van der Waals surface area contributed by atoms with Crippen molar-refractivity contribution in [2.45, 2.75) is 51.3 Å². The van der Waals surface area contributed by atoms with Crippen molar-refractivity contribution in [3.05, 3.63) is 71.1 Å². The van der Waals surface area contributed by atoms with Gasteiger partial charge in [0.1, 0.15) is 18.9 Å². The molecule has 1 N–H and O–H groups in total. The van der Waals surface area contributed by atoms with E-state index in [1.165, 1.54) is 6.08 Å². The van der Waals surface area contributed by atoms with Crippen LogP contribution in [-0.4, -0.2) is 70.2 Å². The normalized spacial score (nSPS) is 18.3. The van der Waals surface area contributed by atoms with Crippen molar-refractivity contribution in [1.29, 1.82) is 0 Å². The second-order valence-corrected chi connectivity index (χ2v) is 10.2. The molecule has 0 atom stereocenters. The lowest BCUT2D eigenvalue weighted by atomic mass is 9.91. The first-order valence-corrected chi connectivity index (χ1v) is 12.9. The monoisotopic (exact) mass is 546 g/mol. The molecule has 0 aliphatic carbocycles. The van der Waals surface area contributed by atoms with E-state index in [1.54, 1.807) is 29.2 Å². The molecule has 11 heteroatoms. The molecule has 4 rings (SSSR count). The standard InChI is InChI=1S/C28H33F3N4O4/c1-19(2)35-16-21(25(32-35)5-3-4-23(30)24(31)14-29)15-33-12-10-28(11-13-33)18-34(27(38)39-28)22-8-6-20(7-9-22)26(37)17-36/h3-4,6-9,16,19,36H,5,10-15,17-18H2,1-2H3/b4-3-,24-23-. The number of hydrogen-bond donors (Lipinski definition) is 1. The highest BCUT2D eigenvalue weighted by Gasteiger charge is 2.47. The Labute approximate surface area is 225 Å². The van der Waals surface area contributed by atoms with Crippen LogP contribution in [0.4, 0.5) is 23.7 Å². The number of hydrogen-bond acceptors (Lipinski definition) is 6. The topological polar surface area (TPSA) is 87.9 Å². The molecule has 1 amide bonds. The summed E-state index contributed by atoms with van der Waals surface area (Å²) in [5.41, 5.74) is 2.09. The Balaban J connectivity index is 1.39. The number of nitrogens with zero attached hydrogens (tertiary/aromatic N) is 4. The Hall–Kier alpha value is -3.44. The highest BCUT2D eigenvalue weighted by atomic mass is 19.2. The summed E-state index contributed by atoms with van der Waals surface area (Å²) in [6.45, 7) is 4.32. The highest BCUT2D eigenvalue weighted by molar-refractivity contribution is 5.98. The number of aliphatic hydroxyl groups excluding tert-OH is 1. The fourth-order valence-electron chi connectivity index (χ4n) is 4.82. The van der Waals surface area contributed by atoms with Crippen molar-refractivity contribution in [3.8, 4) is 0 Å². The fraction of sp³-hybridized carbons (Fsp3) is 0.464. The second kappa shape index (κ2) is 12.2. The van der Waals surface area contributed by atoms with E-state index in [-0.39, 0.29) is 18.2 Å². The third-order valence-electron chi connectivity index (χ3n) is 7.15. The fourth-order valence-corrected chi connectivity index (χ4v) is 4.82. The molecule has 2 aliphatic heterocycles. The first-order valence-electron chi connectivity index (χ1n) is 12.9. The van der Waals surface area contributed by atoms with E-state index in [2.05, 4.69) is 10.00 Å². The Kier molecular flexibility index (Phi) is 8.91. The lowest BCUT2D eigenvalue weighted by Crippen LogP contribution is -2.46. The van der Waals surface area contributed by atoms with Crippen LogP contribution < -0.4 is 4.90 Å². The Morgan fingerprint density at radius 3 is 2.51 bits per heavy atom. The zero-order valence-electron chi connectivity index (χ0n) is 22.1. The zero-order valence-corrected chi connectivity index (χ0v) is 22.1. The molecule has 2 aromatic rings. The number of piperidine rings is 1. The van der Waals surface area contributed by atoms with Crippen LogP contribution in [0.1, 0.15) is 54.3 Å². The smallest absolute Gasteiger partial charge is 0.415 e. The van der Waals surface area contributed by atoms with Crippen LogP contribution in [-0.2, 0) is 17.7 Å². The van der Waals surface area contributed by atoms with Crippen LogP contribution in [0.5, 0.6) is 0 Å². The number of amides is 1. The van der Waals surface area contributed by atoms with Crippen molar-refractivity contribution in [1.82, 2.24) is 14.7 Å². The molecule has 0 saturated carbocycles. The molecule has 2 fully saturated rings. The Bertz CT molecular complexity index is 1250. The minimum absolute atomic E-state index is 0.117. The number of anilines is 1. The first kappa shape index (κ1) is 28.6. The number of carbonyl (C=O) groups excluding carboxylic acids is 2. The van der Waals surface area contributed by atoms with Crippen LogP contribution >= 0.6 is 0 Å². The predicted molar refractivity (Wildman–Crippen MR) is 140 cm³/mol.